The molecule has 17 heavy (non-hydrogen) atoms. The largest absolute Gasteiger partial charge is 0.396 e. The SMILES string of the molecule is O=S(=O)(CCCO)N1CCCC(C(F)(F)F)C1. The van der Waals surface area contributed by atoms with E-state index in [2.05, 4.69) is 0 Å². The van der Waals surface area contributed by atoms with E-state index in [-0.39, 0.29) is 38.2 Å². The van der Waals surface area contributed by atoms with Crippen molar-refractivity contribution in [1.29, 1.82) is 0 Å². The van der Waals surface area contributed by atoms with Crippen LogP contribution in [0.15, 0.2) is 0 Å². The second-order valence-corrected chi connectivity index (χ2v) is 6.22. The third-order valence-corrected chi connectivity index (χ3v) is 4.72. The van der Waals surface area contributed by atoms with Crippen molar-refractivity contribution in [2.24, 2.45) is 5.92 Å². The Labute approximate surface area is 98.5 Å². The smallest absolute Gasteiger partial charge is 0.393 e. The van der Waals surface area contributed by atoms with Gasteiger partial charge in [0, 0.05) is 19.7 Å². The predicted molar refractivity (Wildman–Crippen MR) is 55.8 cm³/mol. The summed E-state index contributed by atoms with van der Waals surface area (Å²) in [5.41, 5.74) is 0. The lowest BCUT2D eigenvalue weighted by molar-refractivity contribution is -0.182. The van der Waals surface area contributed by atoms with Crippen LogP contribution in [0.4, 0.5) is 13.2 Å². The molecule has 1 heterocycles. The lowest BCUT2D eigenvalue weighted by atomic mass is 9.99. The molecule has 0 aromatic rings. The Kier molecular flexibility index (Phi) is 4.79. The molecule has 1 aliphatic heterocycles. The molecule has 0 spiro atoms. The molecule has 4 nitrogen and oxygen atoms in total. The van der Waals surface area contributed by atoms with E-state index in [0.717, 1.165) is 4.31 Å². The lowest BCUT2D eigenvalue weighted by Crippen LogP contribution is -2.45. The van der Waals surface area contributed by atoms with Crippen molar-refractivity contribution in [2.45, 2.75) is 25.4 Å². The summed E-state index contributed by atoms with van der Waals surface area (Å²) in [5.74, 6) is -1.87. The first-order valence-electron chi connectivity index (χ1n) is 5.43. The number of nitrogens with zero attached hydrogens (tertiary/aromatic N) is 1. The maximum Gasteiger partial charge on any atom is 0.393 e. The molecule has 1 unspecified atom stereocenters. The second-order valence-electron chi connectivity index (χ2n) is 4.13. The third kappa shape index (κ3) is 4.11. The van der Waals surface area contributed by atoms with E-state index in [1.165, 1.54) is 0 Å². The molecule has 8 heteroatoms. The first kappa shape index (κ1) is 14.7. The standard InChI is InChI=1S/C9H16F3NO3S/c10-9(11,12)8-3-1-4-13(7-8)17(15,16)6-2-5-14/h8,14H,1-7H2. The number of aliphatic hydroxyl groups excluding tert-OH is 1. The molecule has 0 aromatic carbocycles. The van der Waals surface area contributed by atoms with Gasteiger partial charge < -0.3 is 5.11 Å². The molecule has 1 N–H and O–H groups in total. The normalized spacial score (nSPS) is 23.9. The van der Waals surface area contributed by atoms with Crippen LogP contribution in [0.3, 0.4) is 0 Å². The van der Waals surface area contributed by atoms with Crippen molar-refractivity contribution in [3.8, 4) is 0 Å². The summed E-state index contributed by atoms with van der Waals surface area (Å²) in [4.78, 5) is 0. The number of alkyl halides is 3. The van der Waals surface area contributed by atoms with Gasteiger partial charge in [-0.05, 0) is 19.3 Å². The Morgan fingerprint density at radius 3 is 2.53 bits per heavy atom. The molecule has 1 rings (SSSR count). The van der Waals surface area contributed by atoms with Crippen molar-refractivity contribution in [1.82, 2.24) is 4.31 Å². The van der Waals surface area contributed by atoms with Crippen molar-refractivity contribution >= 4 is 10.0 Å². The van der Waals surface area contributed by atoms with E-state index < -0.39 is 28.7 Å². The molecule has 0 radical (unpaired) electrons. The summed E-state index contributed by atoms with van der Waals surface area (Å²) in [5, 5.41) is 8.55. The zero-order chi connectivity index (χ0) is 13.1. The minimum absolute atomic E-state index is 0.0183. The fourth-order valence-corrected chi connectivity index (χ4v) is 3.40. The Morgan fingerprint density at radius 1 is 1.35 bits per heavy atom. The van der Waals surface area contributed by atoms with E-state index in [4.69, 9.17) is 5.11 Å². The molecular weight excluding hydrogens is 259 g/mol. The van der Waals surface area contributed by atoms with Gasteiger partial charge in [0.05, 0.1) is 11.7 Å². The maximum atomic E-state index is 12.5. The molecule has 0 aliphatic carbocycles. The molecule has 0 aromatic heterocycles. The van der Waals surface area contributed by atoms with Gasteiger partial charge in [0.1, 0.15) is 0 Å². The average molecular weight is 275 g/mol. The summed E-state index contributed by atoms with van der Waals surface area (Å²) in [6.45, 7) is -0.632. The minimum Gasteiger partial charge on any atom is -0.396 e. The first-order chi connectivity index (χ1) is 7.77. The summed E-state index contributed by atoms with van der Waals surface area (Å²) in [6, 6.07) is 0. The number of sulfonamides is 1. The van der Waals surface area contributed by atoms with Crippen LogP contribution >= 0.6 is 0 Å². The van der Waals surface area contributed by atoms with Crippen LogP contribution in [0.1, 0.15) is 19.3 Å². The highest BCUT2D eigenvalue weighted by molar-refractivity contribution is 7.89. The Bertz CT molecular complexity index is 342. The molecule has 0 amide bonds. The van der Waals surface area contributed by atoms with Crippen LogP contribution in [0.5, 0.6) is 0 Å². The van der Waals surface area contributed by atoms with E-state index in [1.807, 2.05) is 0 Å². The Balaban J connectivity index is 2.66. The van der Waals surface area contributed by atoms with Crippen LogP contribution in [0.2, 0.25) is 0 Å². The van der Waals surface area contributed by atoms with Gasteiger partial charge in [-0.15, -0.1) is 0 Å². The molecular formula is C9H16F3NO3S. The lowest BCUT2D eigenvalue weighted by Gasteiger charge is -2.32. The van der Waals surface area contributed by atoms with Gasteiger partial charge in [-0.1, -0.05) is 0 Å². The van der Waals surface area contributed by atoms with Crippen molar-refractivity contribution < 1.29 is 26.7 Å². The highest BCUT2D eigenvalue weighted by Crippen LogP contribution is 2.33. The molecule has 1 atom stereocenters. The van der Waals surface area contributed by atoms with Crippen LogP contribution in [-0.4, -0.2) is 49.5 Å². The van der Waals surface area contributed by atoms with Gasteiger partial charge in [0.2, 0.25) is 10.0 Å². The Morgan fingerprint density at radius 2 is 2.00 bits per heavy atom. The van der Waals surface area contributed by atoms with Crippen molar-refractivity contribution in [3.63, 3.8) is 0 Å². The maximum absolute atomic E-state index is 12.5. The summed E-state index contributed by atoms with van der Waals surface area (Å²) in [7, 11) is -3.67. The van der Waals surface area contributed by atoms with E-state index in [1.54, 1.807) is 0 Å². The van der Waals surface area contributed by atoms with E-state index >= 15 is 0 Å². The monoisotopic (exact) mass is 275 g/mol. The summed E-state index contributed by atoms with van der Waals surface area (Å²) < 4.78 is 61.7. The van der Waals surface area contributed by atoms with Crippen molar-refractivity contribution in [3.05, 3.63) is 0 Å². The molecule has 1 saturated heterocycles. The fourth-order valence-electron chi connectivity index (χ4n) is 1.84. The first-order valence-corrected chi connectivity index (χ1v) is 7.03. The van der Waals surface area contributed by atoms with Crippen LogP contribution in [0.25, 0.3) is 0 Å². The fraction of sp³-hybridized carbons (Fsp3) is 1.00. The van der Waals surface area contributed by atoms with Crippen molar-refractivity contribution in [2.75, 3.05) is 25.4 Å². The topological polar surface area (TPSA) is 57.6 Å². The molecule has 102 valence electrons. The van der Waals surface area contributed by atoms with Gasteiger partial charge in [-0.25, -0.2) is 12.7 Å². The van der Waals surface area contributed by atoms with Crippen LogP contribution < -0.4 is 0 Å². The van der Waals surface area contributed by atoms with Gasteiger partial charge in [0.15, 0.2) is 0 Å². The molecule has 1 fully saturated rings. The molecule has 1 aliphatic rings. The highest BCUT2D eigenvalue weighted by Gasteiger charge is 2.43. The second kappa shape index (κ2) is 5.53. The minimum atomic E-state index is -4.34. The van der Waals surface area contributed by atoms with Crippen LogP contribution in [0, 0.1) is 5.92 Å². The molecule has 0 bridgehead atoms. The van der Waals surface area contributed by atoms with Gasteiger partial charge >= 0.3 is 6.18 Å². The quantitative estimate of drug-likeness (QED) is 0.832. The average Bonchev–Trinajstić information content (AvgIpc) is 2.25. The highest BCUT2D eigenvalue weighted by atomic mass is 32.2. The van der Waals surface area contributed by atoms with E-state index in [9.17, 15) is 21.6 Å². The predicted octanol–water partition coefficient (Wildman–Crippen LogP) is 0.973. The number of hydrogen-bond donors (Lipinski definition) is 1. The van der Waals surface area contributed by atoms with E-state index in [0.29, 0.717) is 0 Å². The summed E-state index contributed by atoms with van der Waals surface area (Å²) >= 11 is 0. The van der Waals surface area contributed by atoms with Gasteiger partial charge in [-0.2, -0.15) is 13.2 Å². The number of halogens is 3. The zero-order valence-corrected chi connectivity index (χ0v) is 10.1. The third-order valence-electron chi connectivity index (χ3n) is 2.80. The van der Waals surface area contributed by atoms with Gasteiger partial charge in [0.25, 0.3) is 0 Å². The van der Waals surface area contributed by atoms with Gasteiger partial charge in [-0.3, -0.25) is 0 Å². The number of rotatable bonds is 4. The van der Waals surface area contributed by atoms with Crippen LogP contribution in [-0.2, 0) is 10.0 Å². The molecule has 0 saturated carbocycles. The summed E-state index contributed by atoms with van der Waals surface area (Å²) in [6.07, 6.45) is -4.08. The Hall–Kier alpha value is -0.340. The zero-order valence-electron chi connectivity index (χ0n) is 9.28. The number of hydrogen-bond acceptors (Lipinski definition) is 3. The number of aliphatic hydroxyl groups is 1. The number of piperidine rings is 1.